The van der Waals surface area contributed by atoms with Gasteiger partial charge in [-0.05, 0) is 40.9 Å². The van der Waals surface area contributed by atoms with Crippen LogP contribution < -0.4 is 5.32 Å². The van der Waals surface area contributed by atoms with Crippen LogP contribution in [0.2, 0.25) is 0 Å². The van der Waals surface area contributed by atoms with Gasteiger partial charge < -0.3 is 10.4 Å². The van der Waals surface area contributed by atoms with E-state index in [1.54, 1.807) is 6.20 Å². The van der Waals surface area contributed by atoms with Crippen LogP contribution in [0.3, 0.4) is 0 Å². The summed E-state index contributed by atoms with van der Waals surface area (Å²) in [7, 11) is 0. The van der Waals surface area contributed by atoms with Crippen LogP contribution in [0, 0.1) is 0 Å². The van der Waals surface area contributed by atoms with E-state index in [1.807, 2.05) is 12.1 Å². The maximum atomic E-state index is 10.5. The largest absolute Gasteiger partial charge is 0.388 e. The fourth-order valence-corrected chi connectivity index (χ4v) is 2.53. The Morgan fingerprint density at radius 3 is 2.53 bits per heavy atom. The molecule has 0 bridgehead atoms. The summed E-state index contributed by atoms with van der Waals surface area (Å²) in [5.74, 6) is 0.825. The molecule has 1 aromatic heterocycles. The molecule has 1 aromatic rings. The zero-order chi connectivity index (χ0) is 12.1. The summed E-state index contributed by atoms with van der Waals surface area (Å²) in [6.07, 6.45) is 8.32. The summed E-state index contributed by atoms with van der Waals surface area (Å²) in [6, 6.07) is 3.87. The fourth-order valence-electron chi connectivity index (χ4n) is 2.30. The zero-order valence-corrected chi connectivity index (χ0v) is 11.5. The maximum absolute atomic E-state index is 10.5. The third kappa shape index (κ3) is 3.96. The topological polar surface area (TPSA) is 45.1 Å². The average Bonchev–Trinajstić information content (AvgIpc) is 2.54. The molecule has 1 aliphatic carbocycles. The molecule has 0 atom stereocenters. The smallest absolute Gasteiger partial charge is 0.126 e. The molecule has 94 valence electrons. The highest BCUT2D eigenvalue weighted by Gasteiger charge is 2.27. The van der Waals surface area contributed by atoms with Gasteiger partial charge in [0.15, 0.2) is 0 Å². The maximum Gasteiger partial charge on any atom is 0.126 e. The first kappa shape index (κ1) is 12.8. The lowest BCUT2D eigenvalue weighted by molar-refractivity contribution is 0.0380. The van der Waals surface area contributed by atoms with Gasteiger partial charge in [-0.25, -0.2) is 4.98 Å². The monoisotopic (exact) mass is 298 g/mol. The van der Waals surface area contributed by atoms with E-state index in [1.165, 1.54) is 12.8 Å². The SMILES string of the molecule is OC1(CNc2ccc(Br)cn2)CCCCCC1. The van der Waals surface area contributed by atoms with E-state index >= 15 is 0 Å². The number of rotatable bonds is 3. The fraction of sp³-hybridized carbons (Fsp3) is 0.615. The Kier molecular flexibility index (Phi) is 4.40. The highest BCUT2D eigenvalue weighted by atomic mass is 79.9. The van der Waals surface area contributed by atoms with Crippen molar-refractivity contribution in [2.24, 2.45) is 0 Å². The summed E-state index contributed by atoms with van der Waals surface area (Å²) < 4.78 is 0.969. The van der Waals surface area contributed by atoms with Crippen LogP contribution in [0.25, 0.3) is 0 Å². The first-order valence-electron chi connectivity index (χ1n) is 6.26. The summed E-state index contributed by atoms with van der Waals surface area (Å²) in [5, 5.41) is 13.7. The van der Waals surface area contributed by atoms with E-state index < -0.39 is 5.60 Å². The highest BCUT2D eigenvalue weighted by molar-refractivity contribution is 9.10. The van der Waals surface area contributed by atoms with Gasteiger partial charge in [0.2, 0.25) is 0 Å². The molecule has 0 spiro atoms. The molecule has 4 heteroatoms. The molecule has 1 heterocycles. The standard InChI is InChI=1S/C13H19BrN2O/c14-11-5-6-12(15-9-11)16-10-13(17)7-3-1-2-4-8-13/h5-6,9,17H,1-4,7-8,10H2,(H,15,16). The first-order valence-corrected chi connectivity index (χ1v) is 7.05. The number of halogens is 1. The predicted octanol–water partition coefficient (Wildman–Crippen LogP) is 3.34. The molecule has 0 unspecified atom stereocenters. The third-order valence-electron chi connectivity index (χ3n) is 3.36. The van der Waals surface area contributed by atoms with Gasteiger partial charge >= 0.3 is 0 Å². The van der Waals surface area contributed by atoms with E-state index in [0.717, 1.165) is 36.0 Å². The lowest BCUT2D eigenvalue weighted by Gasteiger charge is -2.27. The minimum atomic E-state index is -0.550. The van der Waals surface area contributed by atoms with Gasteiger partial charge in [0, 0.05) is 17.2 Å². The van der Waals surface area contributed by atoms with Crippen molar-refractivity contribution in [1.82, 2.24) is 4.98 Å². The van der Waals surface area contributed by atoms with Gasteiger partial charge in [-0.1, -0.05) is 25.7 Å². The minimum absolute atomic E-state index is 0.550. The van der Waals surface area contributed by atoms with Crippen molar-refractivity contribution in [2.45, 2.75) is 44.1 Å². The number of aliphatic hydroxyl groups is 1. The van der Waals surface area contributed by atoms with Crippen molar-refractivity contribution in [3.8, 4) is 0 Å². The molecule has 0 amide bonds. The van der Waals surface area contributed by atoms with E-state index in [4.69, 9.17) is 0 Å². The third-order valence-corrected chi connectivity index (χ3v) is 3.83. The number of nitrogens with one attached hydrogen (secondary N) is 1. The van der Waals surface area contributed by atoms with Crippen molar-refractivity contribution in [3.05, 3.63) is 22.8 Å². The molecule has 3 nitrogen and oxygen atoms in total. The molecular formula is C13H19BrN2O. The predicted molar refractivity (Wildman–Crippen MR) is 73.1 cm³/mol. The Hall–Kier alpha value is -0.610. The molecule has 2 N–H and O–H groups in total. The van der Waals surface area contributed by atoms with Gasteiger partial charge in [-0.3, -0.25) is 0 Å². The molecule has 1 saturated carbocycles. The van der Waals surface area contributed by atoms with Crippen LogP contribution in [-0.4, -0.2) is 22.2 Å². The van der Waals surface area contributed by atoms with E-state index in [2.05, 4.69) is 26.2 Å². The lowest BCUT2D eigenvalue weighted by atomic mass is 9.94. The molecule has 0 saturated heterocycles. The number of hydrogen-bond donors (Lipinski definition) is 2. The molecule has 2 rings (SSSR count). The Bertz CT molecular complexity index is 345. The minimum Gasteiger partial charge on any atom is -0.388 e. The summed E-state index contributed by atoms with van der Waals surface area (Å²) in [6.45, 7) is 0.599. The lowest BCUT2D eigenvalue weighted by Crippen LogP contribution is -2.36. The molecule has 17 heavy (non-hydrogen) atoms. The normalized spacial score (nSPS) is 19.6. The average molecular weight is 299 g/mol. The van der Waals surface area contributed by atoms with Crippen molar-refractivity contribution < 1.29 is 5.11 Å². The quantitative estimate of drug-likeness (QED) is 0.841. The van der Waals surface area contributed by atoms with Gasteiger partial charge in [0.05, 0.1) is 5.60 Å². The van der Waals surface area contributed by atoms with E-state index in [-0.39, 0.29) is 0 Å². The highest BCUT2D eigenvalue weighted by Crippen LogP contribution is 2.27. The zero-order valence-electron chi connectivity index (χ0n) is 9.95. The summed E-state index contributed by atoms with van der Waals surface area (Å²) >= 11 is 3.35. The Labute approximate surface area is 111 Å². The van der Waals surface area contributed by atoms with Crippen LogP contribution in [0.5, 0.6) is 0 Å². The Morgan fingerprint density at radius 1 is 1.24 bits per heavy atom. The van der Waals surface area contributed by atoms with Gasteiger partial charge in [0.25, 0.3) is 0 Å². The van der Waals surface area contributed by atoms with Gasteiger partial charge in [0.1, 0.15) is 5.82 Å². The summed E-state index contributed by atoms with van der Waals surface area (Å²) in [4.78, 5) is 4.25. The molecule has 0 radical (unpaired) electrons. The van der Waals surface area contributed by atoms with Crippen molar-refractivity contribution in [2.75, 3.05) is 11.9 Å². The van der Waals surface area contributed by atoms with Crippen molar-refractivity contribution in [1.29, 1.82) is 0 Å². The number of anilines is 1. The Morgan fingerprint density at radius 2 is 1.94 bits per heavy atom. The van der Waals surface area contributed by atoms with Crippen LogP contribution in [-0.2, 0) is 0 Å². The Balaban J connectivity index is 1.89. The number of nitrogens with zero attached hydrogens (tertiary/aromatic N) is 1. The van der Waals surface area contributed by atoms with E-state index in [0.29, 0.717) is 6.54 Å². The second-order valence-electron chi connectivity index (χ2n) is 4.85. The molecule has 1 fully saturated rings. The summed E-state index contributed by atoms with van der Waals surface area (Å²) in [5.41, 5.74) is -0.550. The van der Waals surface area contributed by atoms with Crippen LogP contribution in [0.1, 0.15) is 38.5 Å². The molecular weight excluding hydrogens is 280 g/mol. The van der Waals surface area contributed by atoms with E-state index in [9.17, 15) is 5.11 Å². The van der Waals surface area contributed by atoms with Crippen LogP contribution in [0.15, 0.2) is 22.8 Å². The molecule has 0 aliphatic heterocycles. The second kappa shape index (κ2) is 5.83. The van der Waals surface area contributed by atoms with Gasteiger partial charge in [-0.2, -0.15) is 0 Å². The number of pyridine rings is 1. The number of aromatic nitrogens is 1. The van der Waals surface area contributed by atoms with Crippen LogP contribution in [0.4, 0.5) is 5.82 Å². The molecule has 0 aromatic carbocycles. The first-order chi connectivity index (χ1) is 8.18. The van der Waals surface area contributed by atoms with Gasteiger partial charge in [-0.15, -0.1) is 0 Å². The second-order valence-corrected chi connectivity index (χ2v) is 5.77. The van der Waals surface area contributed by atoms with Crippen molar-refractivity contribution in [3.63, 3.8) is 0 Å². The van der Waals surface area contributed by atoms with Crippen LogP contribution >= 0.6 is 15.9 Å². The van der Waals surface area contributed by atoms with Crippen molar-refractivity contribution >= 4 is 21.7 Å². The number of hydrogen-bond acceptors (Lipinski definition) is 3. The molecule has 1 aliphatic rings.